The van der Waals surface area contributed by atoms with E-state index in [4.69, 9.17) is 14.2 Å². The molecule has 0 amide bonds. The molecule has 1 fully saturated rings. The number of benzene rings is 3. The summed E-state index contributed by atoms with van der Waals surface area (Å²) in [6.07, 6.45) is 2.32. The first-order chi connectivity index (χ1) is 18.9. The molecule has 0 atom stereocenters. The highest BCUT2D eigenvalue weighted by molar-refractivity contribution is 5.90. The summed E-state index contributed by atoms with van der Waals surface area (Å²) in [5, 5.41) is 10.5. The highest BCUT2D eigenvalue weighted by Gasteiger charge is 2.43. The number of ether oxygens (including phenoxy) is 3. The van der Waals surface area contributed by atoms with Crippen molar-refractivity contribution in [2.75, 3.05) is 40.5 Å². The van der Waals surface area contributed by atoms with Crippen LogP contribution in [0.2, 0.25) is 0 Å². The molecule has 0 unspecified atom stereocenters. The van der Waals surface area contributed by atoms with E-state index in [0.29, 0.717) is 23.7 Å². The topological polar surface area (TPSA) is 71.8 Å². The minimum atomic E-state index is -0.997. The second kappa shape index (κ2) is 12.7. The van der Waals surface area contributed by atoms with E-state index < -0.39 is 11.4 Å². The summed E-state index contributed by atoms with van der Waals surface area (Å²) < 4.78 is 43.4. The van der Waals surface area contributed by atoms with Crippen molar-refractivity contribution in [3.63, 3.8) is 0 Å². The number of carbonyl (C=O) groups is 1. The van der Waals surface area contributed by atoms with Gasteiger partial charge in [-0.05, 0) is 91.9 Å². The molecule has 1 aliphatic rings. The van der Waals surface area contributed by atoms with Crippen LogP contribution >= 0.6 is 0 Å². The van der Waals surface area contributed by atoms with Gasteiger partial charge in [-0.1, -0.05) is 24.3 Å². The van der Waals surface area contributed by atoms with Crippen LogP contribution in [0.1, 0.15) is 40.7 Å². The molecule has 0 saturated carbocycles. The number of piperidine rings is 1. The average molecular weight is 535 g/mol. The largest absolute Gasteiger partial charge is 0.493 e. The lowest BCUT2D eigenvalue weighted by molar-refractivity contribution is 0.0600. The fourth-order valence-corrected chi connectivity index (χ4v) is 5.38. The first kappa shape index (κ1) is 28.1. The summed E-state index contributed by atoms with van der Waals surface area (Å²) in [5.74, 6) is -0.155. The Kier molecular flexibility index (Phi) is 9.15. The van der Waals surface area contributed by atoms with E-state index in [9.17, 15) is 18.8 Å². The van der Waals surface area contributed by atoms with Gasteiger partial charge in [-0.2, -0.15) is 5.26 Å². The third-order valence-corrected chi connectivity index (χ3v) is 7.44. The fraction of sp³-hybridized carbons (Fsp3) is 0.355. The molecule has 4 rings (SSSR count). The van der Waals surface area contributed by atoms with Crippen molar-refractivity contribution >= 4 is 5.97 Å². The molecular formula is C31H32F2N2O4. The predicted octanol–water partition coefficient (Wildman–Crippen LogP) is 5.75. The van der Waals surface area contributed by atoms with E-state index in [1.165, 1.54) is 38.5 Å². The van der Waals surface area contributed by atoms with Gasteiger partial charge in [0.2, 0.25) is 0 Å². The van der Waals surface area contributed by atoms with Crippen molar-refractivity contribution < 1.29 is 27.8 Å². The summed E-state index contributed by atoms with van der Waals surface area (Å²) >= 11 is 0. The smallest absolute Gasteiger partial charge is 0.337 e. The Morgan fingerprint density at radius 1 is 0.949 bits per heavy atom. The molecular weight excluding hydrogens is 502 g/mol. The number of nitriles is 1. The Morgan fingerprint density at radius 3 is 2.05 bits per heavy atom. The number of hydrogen-bond acceptors (Lipinski definition) is 6. The van der Waals surface area contributed by atoms with Crippen LogP contribution < -0.4 is 9.47 Å². The second-order valence-corrected chi connectivity index (χ2v) is 9.61. The van der Waals surface area contributed by atoms with Gasteiger partial charge in [-0.15, -0.1) is 0 Å². The summed E-state index contributed by atoms with van der Waals surface area (Å²) in [5.41, 5.74) is 0.831. The van der Waals surface area contributed by atoms with Crippen LogP contribution in [-0.2, 0) is 10.2 Å². The van der Waals surface area contributed by atoms with E-state index >= 15 is 0 Å². The summed E-state index contributed by atoms with van der Waals surface area (Å²) in [4.78, 5) is 14.1. The number of hydrogen-bond donors (Lipinski definition) is 0. The third-order valence-electron chi connectivity index (χ3n) is 7.44. The standard InChI is InChI=1S/C31H32F2N2O4/c1-37-29-20-22(30(36)38-2)4-13-28(29)39-19-3-16-35-17-14-25(15-18-35)31(21-34,23-5-9-26(32)10-6-23)24-7-11-27(33)12-8-24/h4-13,20,25H,3,14-19H2,1-2H3. The van der Waals surface area contributed by atoms with Gasteiger partial charge in [-0.25, -0.2) is 13.6 Å². The van der Waals surface area contributed by atoms with Crippen LogP contribution in [0.15, 0.2) is 66.7 Å². The number of methoxy groups -OCH3 is 2. The van der Waals surface area contributed by atoms with Crippen molar-refractivity contribution in [3.05, 3.63) is 95.1 Å². The van der Waals surface area contributed by atoms with E-state index in [1.807, 2.05) is 0 Å². The number of carbonyl (C=O) groups excluding carboxylic acids is 1. The maximum Gasteiger partial charge on any atom is 0.337 e. The normalized spacial score (nSPS) is 14.4. The molecule has 0 radical (unpaired) electrons. The second-order valence-electron chi connectivity index (χ2n) is 9.61. The SMILES string of the molecule is COC(=O)c1ccc(OCCCN2CCC(C(C#N)(c3ccc(F)cc3)c3ccc(F)cc3)CC2)c(OC)c1. The number of halogens is 2. The highest BCUT2D eigenvalue weighted by Crippen LogP contribution is 2.44. The van der Waals surface area contributed by atoms with Crippen LogP contribution in [0, 0.1) is 28.9 Å². The van der Waals surface area contributed by atoms with E-state index in [0.717, 1.165) is 50.0 Å². The number of esters is 1. The Balaban J connectivity index is 1.38. The van der Waals surface area contributed by atoms with Gasteiger partial charge in [0, 0.05) is 6.54 Å². The maximum atomic E-state index is 13.7. The average Bonchev–Trinajstić information content (AvgIpc) is 2.98. The molecule has 0 aliphatic carbocycles. The molecule has 1 aliphatic heterocycles. The Morgan fingerprint density at radius 2 is 1.54 bits per heavy atom. The quantitative estimate of drug-likeness (QED) is 0.244. The minimum Gasteiger partial charge on any atom is -0.493 e. The van der Waals surface area contributed by atoms with Crippen LogP contribution in [0.5, 0.6) is 11.5 Å². The minimum absolute atomic E-state index is 0.0106. The first-order valence-corrected chi connectivity index (χ1v) is 13.0. The van der Waals surface area contributed by atoms with Crippen molar-refractivity contribution in [2.45, 2.75) is 24.7 Å². The van der Waals surface area contributed by atoms with Gasteiger partial charge < -0.3 is 19.1 Å². The molecule has 39 heavy (non-hydrogen) atoms. The Hall–Kier alpha value is -3.96. The predicted molar refractivity (Wildman–Crippen MR) is 143 cm³/mol. The lowest BCUT2D eigenvalue weighted by Crippen LogP contribution is -2.44. The van der Waals surface area contributed by atoms with Gasteiger partial charge in [0.05, 0.1) is 32.5 Å². The summed E-state index contributed by atoms with van der Waals surface area (Å²) in [6.45, 7) is 2.89. The molecule has 0 bridgehead atoms. The van der Waals surface area contributed by atoms with Crippen LogP contribution in [0.4, 0.5) is 8.78 Å². The molecule has 1 heterocycles. The van der Waals surface area contributed by atoms with Crippen molar-refractivity contribution in [3.8, 4) is 17.6 Å². The molecule has 204 valence electrons. The highest BCUT2D eigenvalue weighted by atomic mass is 19.1. The summed E-state index contributed by atoms with van der Waals surface area (Å²) in [7, 11) is 2.85. The van der Waals surface area contributed by atoms with E-state index in [-0.39, 0.29) is 17.6 Å². The number of rotatable bonds is 10. The van der Waals surface area contributed by atoms with Gasteiger partial charge >= 0.3 is 5.97 Å². The fourth-order valence-electron chi connectivity index (χ4n) is 5.38. The maximum absolute atomic E-state index is 13.7. The third kappa shape index (κ3) is 6.21. The zero-order valence-electron chi connectivity index (χ0n) is 22.2. The Labute approximate surface area is 227 Å². The molecule has 3 aromatic carbocycles. The van der Waals surface area contributed by atoms with Crippen LogP contribution in [0.25, 0.3) is 0 Å². The zero-order valence-corrected chi connectivity index (χ0v) is 22.2. The van der Waals surface area contributed by atoms with Crippen molar-refractivity contribution in [2.24, 2.45) is 5.92 Å². The molecule has 0 spiro atoms. The number of likely N-dealkylation sites (tertiary alicyclic amines) is 1. The molecule has 1 saturated heterocycles. The first-order valence-electron chi connectivity index (χ1n) is 13.0. The lowest BCUT2D eigenvalue weighted by atomic mass is 9.63. The van der Waals surface area contributed by atoms with Gasteiger partial charge in [-0.3, -0.25) is 0 Å². The van der Waals surface area contributed by atoms with Crippen molar-refractivity contribution in [1.82, 2.24) is 4.90 Å². The molecule has 6 nitrogen and oxygen atoms in total. The van der Waals surface area contributed by atoms with Gasteiger partial charge in [0.25, 0.3) is 0 Å². The molecule has 0 N–H and O–H groups in total. The number of nitrogens with zero attached hydrogens (tertiary/aromatic N) is 2. The molecule has 3 aromatic rings. The Bertz CT molecular complexity index is 1250. The van der Waals surface area contributed by atoms with Gasteiger partial charge in [0.1, 0.15) is 17.0 Å². The van der Waals surface area contributed by atoms with Crippen molar-refractivity contribution in [1.29, 1.82) is 5.26 Å². The van der Waals surface area contributed by atoms with Crippen LogP contribution in [0.3, 0.4) is 0 Å². The van der Waals surface area contributed by atoms with E-state index in [2.05, 4.69) is 11.0 Å². The molecule has 8 heteroatoms. The lowest BCUT2D eigenvalue weighted by Gasteiger charge is -2.41. The molecule has 0 aromatic heterocycles. The summed E-state index contributed by atoms with van der Waals surface area (Å²) in [6, 6.07) is 19.6. The monoisotopic (exact) mass is 534 g/mol. The van der Waals surface area contributed by atoms with E-state index in [1.54, 1.807) is 42.5 Å². The van der Waals surface area contributed by atoms with Gasteiger partial charge in [0.15, 0.2) is 11.5 Å². The van der Waals surface area contributed by atoms with Crippen LogP contribution in [-0.4, -0.2) is 51.3 Å². The zero-order chi connectivity index (χ0) is 27.8.